The van der Waals surface area contributed by atoms with Crippen LogP contribution in [0.2, 0.25) is 0 Å². The summed E-state index contributed by atoms with van der Waals surface area (Å²) in [5.41, 5.74) is 6.50. The van der Waals surface area contributed by atoms with Crippen molar-refractivity contribution in [1.29, 1.82) is 0 Å². The highest BCUT2D eigenvalue weighted by molar-refractivity contribution is 9.10. The van der Waals surface area contributed by atoms with E-state index in [1.165, 1.54) is 4.90 Å². The Morgan fingerprint density at radius 2 is 1.94 bits per heavy atom. The first-order valence-electron chi connectivity index (χ1n) is 4.92. The minimum Gasteiger partial charge on any atom is -0.326 e. The molecule has 1 aromatic rings. The first kappa shape index (κ1) is 11.3. The molecule has 1 aliphatic rings. The molecule has 0 radical (unpaired) electrons. The van der Waals surface area contributed by atoms with Gasteiger partial charge >= 0.3 is 0 Å². The van der Waals surface area contributed by atoms with Crippen LogP contribution in [0.1, 0.15) is 27.6 Å². The molecule has 2 amide bonds. The molecule has 84 valence electrons. The van der Waals surface area contributed by atoms with Crippen molar-refractivity contribution in [2.24, 2.45) is 5.73 Å². The van der Waals surface area contributed by atoms with Crippen LogP contribution in [0.5, 0.6) is 0 Å². The number of halogens is 1. The van der Waals surface area contributed by atoms with E-state index in [1.54, 1.807) is 25.1 Å². The van der Waals surface area contributed by atoms with Crippen molar-refractivity contribution >= 4 is 27.7 Å². The molecule has 0 fully saturated rings. The van der Waals surface area contributed by atoms with Crippen LogP contribution < -0.4 is 5.73 Å². The van der Waals surface area contributed by atoms with Gasteiger partial charge in [0, 0.05) is 17.1 Å². The van der Waals surface area contributed by atoms with Gasteiger partial charge in [-0.1, -0.05) is 15.9 Å². The van der Waals surface area contributed by atoms with Crippen LogP contribution in [0.25, 0.3) is 0 Å². The summed E-state index contributed by atoms with van der Waals surface area (Å²) >= 11 is 3.28. The van der Waals surface area contributed by atoms with Crippen LogP contribution in [0.4, 0.5) is 0 Å². The fourth-order valence-electron chi connectivity index (χ4n) is 1.72. The predicted molar refractivity (Wildman–Crippen MR) is 63.2 cm³/mol. The molecule has 1 unspecified atom stereocenters. The lowest BCUT2D eigenvalue weighted by molar-refractivity contribution is 0.0647. The number of carbonyl (C=O) groups excluding carboxylic acids is 2. The van der Waals surface area contributed by atoms with Gasteiger partial charge in [0.15, 0.2) is 0 Å². The maximum absolute atomic E-state index is 11.9. The summed E-state index contributed by atoms with van der Waals surface area (Å²) in [6, 6.07) is 4.85. The molecule has 0 bridgehead atoms. The summed E-state index contributed by atoms with van der Waals surface area (Å²) in [5.74, 6) is -0.525. The highest BCUT2D eigenvalue weighted by atomic mass is 79.9. The Kier molecular flexibility index (Phi) is 2.82. The van der Waals surface area contributed by atoms with E-state index >= 15 is 0 Å². The van der Waals surface area contributed by atoms with Gasteiger partial charge in [0.25, 0.3) is 11.8 Å². The lowest BCUT2D eigenvalue weighted by atomic mass is 10.1. The average molecular weight is 283 g/mol. The molecule has 1 heterocycles. The molecule has 1 aromatic carbocycles. The zero-order valence-corrected chi connectivity index (χ0v) is 10.3. The summed E-state index contributed by atoms with van der Waals surface area (Å²) in [6.07, 6.45) is 0. The molecule has 1 aliphatic heterocycles. The largest absolute Gasteiger partial charge is 0.326 e. The second-order valence-electron chi connectivity index (χ2n) is 3.89. The molecule has 4 nitrogen and oxygen atoms in total. The summed E-state index contributed by atoms with van der Waals surface area (Å²) in [5, 5.41) is 0. The molecular weight excluding hydrogens is 272 g/mol. The van der Waals surface area contributed by atoms with Crippen molar-refractivity contribution in [3.05, 3.63) is 33.8 Å². The number of fused-ring (bicyclic) bond motifs is 1. The van der Waals surface area contributed by atoms with Crippen LogP contribution in [-0.2, 0) is 0 Å². The van der Waals surface area contributed by atoms with Gasteiger partial charge in [0.1, 0.15) is 0 Å². The van der Waals surface area contributed by atoms with Gasteiger partial charge in [-0.05, 0) is 25.1 Å². The fourth-order valence-corrected chi connectivity index (χ4v) is 2.08. The Bertz CT molecular complexity index is 471. The van der Waals surface area contributed by atoms with E-state index in [9.17, 15) is 9.59 Å². The van der Waals surface area contributed by atoms with Crippen molar-refractivity contribution in [3.63, 3.8) is 0 Å². The third-order valence-electron chi connectivity index (χ3n) is 2.40. The Hall–Kier alpha value is -1.20. The lowest BCUT2D eigenvalue weighted by Crippen LogP contribution is -2.39. The standard InChI is InChI=1S/C11H11BrN2O2/c1-6(13)5-14-10(15)8-3-2-7(12)4-9(8)11(14)16/h2-4,6H,5,13H2,1H3. The molecule has 0 aromatic heterocycles. The van der Waals surface area contributed by atoms with E-state index in [2.05, 4.69) is 15.9 Å². The quantitative estimate of drug-likeness (QED) is 0.834. The molecular formula is C11H11BrN2O2. The maximum Gasteiger partial charge on any atom is 0.261 e. The number of nitrogens with zero attached hydrogens (tertiary/aromatic N) is 1. The molecule has 0 spiro atoms. The van der Waals surface area contributed by atoms with E-state index in [4.69, 9.17) is 5.73 Å². The number of rotatable bonds is 2. The van der Waals surface area contributed by atoms with Crippen LogP contribution in [0.3, 0.4) is 0 Å². The SMILES string of the molecule is CC(N)CN1C(=O)c2ccc(Br)cc2C1=O. The molecule has 0 saturated heterocycles. The van der Waals surface area contributed by atoms with Crippen LogP contribution in [-0.4, -0.2) is 29.3 Å². The zero-order chi connectivity index (χ0) is 11.9. The number of imide groups is 1. The van der Waals surface area contributed by atoms with Crippen molar-refractivity contribution in [2.75, 3.05) is 6.54 Å². The number of amides is 2. The molecule has 2 N–H and O–H groups in total. The predicted octanol–water partition coefficient (Wildman–Crippen LogP) is 1.39. The van der Waals surface area contributed by atoms with E-state index < -0.39 is 0 Å². The van der Waals surface area contributed by atoms with E-state index in [1.807, 2.05) is 0 Å². The van der Waals surface area contributed by atoms with Crippen molar-refractivity contribution < 1.29 is 9.59 Å². The third-order valence-corrected chi connectivity index (χ3v) is 2.90. The number of benzene rings is 1. The van der Waals surface area contributed by atoms with Crippen LogP contribution >= 0.6 is 15.9 Å². The molecule has 2 rings (SSSR count). The first-order valence-corrected chi connectivity index (χ1v) is 5.71. The van der Waals surface area contributed by atoms with Gasteiger partial charge in [-0.25, -0.2) is 0 Å². The summed E-state index contributed by atoms with van der Waals surface area (Å²) < 4.78 is 0.787. The summed E-state index contributed by atoms with van der Waals surface area (Å²) in [7, 11) is 0. The molecule has 1 atom stereocenters. The smallest absolute Gasteiger partial charge is 0.261 e. The highest BCUT2D eigenvalue weighted by Gasteiger charge is 2.35. The second-order valence-corrected chi connectivity index (χ2v) is 4.80. The van der Waals surface area contributed by atoms with Gasteiger partial charge < -0.3 is 5.73 Å². The number of nitrogens with two attached hydrogens (primary N) is 1. The number of hydrogen-bond donors (Lipinski definition) is 1. The highest BCUT2D eigenvalue weighted by Crippen LogP contribution is 2.25. The zero-order valence-electron chi connectivity index (χ0n) is 8.74. The van der Waals surface area contributed by atoms with Crippen LogP contribution in [0, 0.1) is 0 Å². The second kappa shape index (κ2) is 3.99. The summed E-state index contributed by atoms with van der Waals surface area (Å²) in [4.78, 5) is 25.0. The minimum absolute atomic E-state index is 0.217. The third kappa shape index (κ3) is 1.76. The monoisotopic (exact) mass is 282 g/mol. The number of hydrogen-bond acceptors (Lipinski definition) is 3. The topological polar surface area (TPSA) is 63.4 Å². The van der Waals surface area contributed by atoms with Gasteiger partial charge in [0.05, 0.1) is 11.1 Å². The maximum atomic E-state index is 11.9. The summed E-state index contributed by atoms with van der Waals surface area (Å²) in [6.45, 7) is 2.02. The van der Waals surface area contributed by atoms with Gasteiger partial charge in [-0.15, -0.1) is 0 Å². The Balaban J connectivity index is 2.40. The normalized spacial score (nSPS) is 16.6. The van der Waals surface area contributed by atoms with Crippen molar-refractivity contribution in [2.45, 2.75) is 13.0 Å². The Labute approximate surface area is 102 Å². The molecule has 5 heteroatoms. The van der Waals surface area contributed by atoms with E-state index in [-0.39, 0.29) is 24.4 Å². The molecule has 16 heavy (non-hydrogen) atoms. The molecule has 0 saturated carbocycles. The fraction of sp³-hybridized carbons (Fsp3) is 0.273. The minimum atomic E-state index is -0.265. The van der Waals surface area contributed by atoms with Gasteiger partial charge in [0.2, 0.25) is 0 Å². The lowest BCUT2D eigenvalue weighted by Gasteiger charge is -2.15. The van der Waals surface area contributed by atoms with Crippen LogP contribution in [0.15, 0.2) is 22.7 Å². The van der Waals surface area contributed by atoms with Gasteiger partial charge in [-0.3, -0.25) is 14.5 Å². The Morgan fingerprint density at radius 1 is 1.31 bits per heavy atom. The van der Waals surface area contributed by atoms with E-state index in [0.29, 0.717) is 11.1 Å². The average Bonchev–Trinajstić information content (AvgIpc) is 2.43. The molecule has 0 aliphatic carbocycles. The Morgan fingerprint density at radius 3 is 2.56 bits per heavy atom. The number of carbonyl (C=O) groups is 2. The van der Waals surface area contributed by atoms with Crippen molar-refractivity contribution in [3.8, 4) is 0 Å². The first-order chi connectivity index (χ1) is 7.50. The van der Waals surface area contributed by atoms with Gasteiger partial charge in [-0.2, -0.15) is 0 Å². The van der Waals surface area contributed by atoms with Crippen molar-refractivity contribution in [1.82, 2.24) is 4.90 Å². The van der Waals surface area contributed by atoms with E-state index in [0.717, 1.165) is 4.47 Å².